The zero-order valence-electron chi connectivity index (χ0n) is 10.5. The van der Waals surface area contributed by atoms with Crippen molar-refractivity contribution in [2.24, 2.45) is 5.84 Å². The average Bonchev–Trinajstić information content (AvgIpc) is 2.39. The van der Waals surface area contributed by atoms with E-state index in [2.05, 4.69) is 10.4 Å². The van der Waals surface area contributed by atoms with Crippen molar-refractivity contribution in [2.75, 3.05) is 5.43 Å². The standard InChI is InChI=1S/C13H15N3O.2ClH/c1-10-2-3-12(15-8-10)9-17-13-6-4-11(16-14)5-7-13;;/h2-8,16H,9,14H2,1H3;2*1H. The number of benzene rings is 1. The number of hydrazine groups is 1. The molecule has 0 fully saturated rings. The van der Waals surface area contributed by atoms with Gasteiger partial charge in [0.2, 0.25) is 0 Å². The maximum Gasteiger partial charge on any atom is 0.130 e. The quantitative estimate of drug-likeness (QED) is 0.673. The van der Waals surface area contributed by atoms with Gasteiger partial charge in [-0.15, -0.1) is 24.8 Å². The summed E-state index contributed by atoms with van der Waals surface area (Å²) in [7, 11) is 0. The van der Waals surface area contributed by atoms with Crippen LogP contribution in [0, 0.1) is 6.92 Å². The molecule has 3 N–H and O–H groups in total. The van der Waals surface area contributed by atoms with E-state index in [1.165, 1.54) is 0 Å². The van der Waals surface area contributed by atoms with Gasteiger partial charge in [0.15, 0.2) is 0 Å². The van der Waals surface area contributed by atoms with Gasteiger partial charge < -0.3 is 10.2 Å². The number of anilines is 1. The molecular weight excluding hydrogens is 285 g/mol. The van der Waals surface area contributed by atoms with Crippen LogP contribution in [0.15, 0.2) is 42.6 Å². The molecule has 0 aliphatic rings. The Morgan fingerprint density at radius 1 is 1.11 bits per heavy atom. The van der Waals surface area contributed by atoms with Crippen LogP contribution in [0.1, 0.15) is 11.3 Å². The van der Waals surface area contributed by atoms with Gasteiger partial charge in [-0.3, -0.25) is 10.8 Å². The number of pyridine rings is 1. The van der Waals surface area contributed by atoms with Crippen LogP contribution >= 0.6 is 24.8 Å². The van der Waals surface area contributed by atoms with Crippen LogP contribution in [0.5, 0.6) is 5.75 Å². The minimum Gasteiger partial charge on any atom is -0.487 e. The largest absolute Gasteiger partial charge is 0.487 e. The number of aryl methyl sites for hydroxylation is 1. The fourth-order valence-electron chi connectivity index (χ4n) is 1.39. The smallest absolute Gasteiger partial charge is 0.130 e. The Morgan fingerprint density at radius 3 is 2.32 bits per heavy atom. The Labute approximate surface area is 125 Å². The Kier molecular flexibility index (Phi) is 7.91. The number of hydrogen-bond donors (Lipinski definition) is 2. The molecule has 1 heterocycles. The molecule has 0 saturated heterocycles. The van der Waals surface area contributed by atoms with Crippen molar-refractivity contribution in [1.82, 2.24) is 4.98 Å². The zero-order valence-corrected chi connectivity index (χ0v) is 12.1. The van der Waals surface area contributed by atoms with Crippen molar-refractivity contribution in [3.8, 4) is 5.75 Å². The number of nitrogens with one attached hydrogen (secondary N) is 1. The van der Waals surface area contributed by atoms with Gasteiger partial charge in [-0.25, -0.2) is 0 Å². The monoisotopic (exact) mass is 301 g/mol. The van der Waals surface area contributed by atoms with Crippen LogP contribution in [-0.4, -0.2) is 4.98 Å². The fourth-order valence-corrected chi connectivity index (χ4v) is 1.39. The molecule has 0 saturated carbocycles. The van der Waals surface area contributed by atoms with Gasteiger partial charge in [0, 0.05) is 11.9 Å². The maximum atomic E-state index is 5.60. The lowest BCUT2D eigenvalue weighted by atomic mass is 10.3. The molecule has 0 aliphatic carbocycles. The molecule has 104 valence electrons. The molecule has 19 heavy (non-hydrogen) atoms. The lowest BCUT2D eigenvalue weighted by Crippen LogP contribution is -2.06. The minimum absolute atomic E-state index is 0. The van der Waals surface area contributed by atoms with E-state index in [1.807, 2.05) is 49.5 Å². The van der Waals surface area contributed by atoms with E-state index in [1.54, 1.807) is 0 Å². The second-order valence-corrected chi connectivity index (χ2v) is 3.78. The van der Waals surface area contributed by atoms with Gasteiger partial charge in [-0.2, -0.15) is 0 Å². The molecule has 0 spiro atoms. The van der Waals surface area contributed by atoms with Crippen LogP contribution in [0.4, 0.5) is 5.69 Å². The summed E-state index contributed by atoms with van der Waals surface area (Å²) in [6.07, 6.45) is 1.83. The lowest BCUT2D eigenvalue weighted by Gasteiger charge is -2.06. The number of nitrogen functional groups attached to an aromatic ring is 1. The normalized spacial score (nSPS) is 8.95. The topological polar surface area (TPSA) is 60.2 Å². The van der Waals surface area contributed by atoms with Crippen molar-refractivity contribution in [1.29, 1.82) is 0 Å². The first-order chi connectivity index (χ1) is 8.28. The predicted molar refractivity (Wildman–Crippen MR) is 82.1 cm³/mol. The van der Waals surface area contributed by atoms with Crippen molar-refractivity contribution >= 4 is 30.5 Å². The molecule has 0 aliphatic heterocycles. The highest BCUT2D eigenvalue weighted by atomic mass is 35.5. The second-order valence-electron chi connectivity index (χ2n) is 3.78. The molecular formula is C13H17Cl2N3O. The Hall–Kier alpha value is -1.49. The average molecular weight is 302 g/mol. The number of nitrogens with two attached hydrogens (primary N) is 1. The fraction of sp³-hybridized carbons (Fsp3) is 0.154. The first kappa shape index (κ1) is 17.5. The summed E-state index contributed by atoms with van der Waals surface area (Å²) >= 11 is 0. The van der Waals surface area contributed by atoms with E-state index in [0.29, 0.717) is 6.61 Å². The Morgan fingerprint density at radius 2 is 1.79 bits per heavy atom. The summed E-state index contributed by atoms with van der Waals surface area (Å²) in [6.45, 7) is 2.48. The highest BCUT2D eigenvalue weighted by Crippen LogP contribution is 2.15. The van der Waals surface area contributed by atoms with E-state index in [4.69, 9.17) is 10.6 Å². The van der Waals surface area contributed by atoms with Crippen LogP contribution in [0.3, 0.4) is 0 Å². The zero-order chi connectivity index (χ0) is 12.1. The summed E-state index contributed by atoms with van der Waals surface area (Å²) < 4.78 is 5.60. The maximum absolute atomic E-state index is 5.60. The molecule has 0 amide bonds. The minimum atomic E-state index is 0. The van der Waals surface area contributed by atoms with Crippen molar-refractivity contribution in [3.05, 3.63) is 53.9 Å². The number of aromatic nitrogens is 1. The summed E-state index contributed by atoms with van der Waals surface area (Å²) in [5.41, 5.74) is 5.48. The van der Waals surface area contributed by atoms with Gasteiger partial charge in [0.1, 0.15) is 12.4 Å². The van der Waals surface area contributed by atoms with Crippen LogP contribution in [0.2, 0.25) is 0 Å². The van der Waals surface area contributed by atoms with E-state index in [9.17, 15) is 0 Å². The molecule has 2 rings (SSSR count). The van der Waals surface area contributed by atoms with E-state index < -0.39 is 0 Å². The second kappa shape index (κ2) is 8.58. The van der Waals surface area contributed by atoms with Gasteiger partial charge in [0.25, 0.3) is 0 Å². The van der Waals surface area contributed by atoms with Crippen LogP contribution in [0.25, 0.3) is 0 Å². The number of hydrogen-bond acceptors (Lipinski definition) is 4. The van der Waals surface area contributed by atoms with Crippen LogP contribution in [-0.2, 0) is 6.61 Å². The molecule has 6 heteroatoms. The first-order valence-electron chi connectivity index (χ1n) is 5.39. The molecule has 1 aromatic heterocycles. The number of nitrogens with zero attached hydrogens (tertiary/aromatic N) is 1. The number of ether oxygens (including phenoxy) is 1. The lowest BCUT2D eigenvalue weighted by molar-refractivity contribution is 0.301. The summed E-state index contributed by atoms with van der Waals surface area (Å²) in [4.78, 5) is 4.27. The van der Waals surface area contributed by atoms with Crippen molar-refractivity contribution in [2.45, 2.75) is 13.5 Å². The van der Waals surface area contributed by atoms with Crippen molar-refractivity contribution < 1.29 is 4.74 Å². The summed E-state index contributed by atoms with van der Waals surface area (Å²) in [5, 5.41) is 0. The molecule has 1 aromatic carbocycles. The highest BCUT2D eigenvalue weighted by Gasteiger charge is 1.97. The molecule has 4 nitrogen and oxygen atoms in total. The number of halogens is 2. The Balaban J connectivity index is 0.00000162. The van der Waals surface area contributed by atoms with E-state index >= 15 is 0 Å². The third kappa shape index (κ3) is 5.34. The van der Waals surface area contributed by atoms with E-state index in [-0.39, 0.29) is 24.8 Å². The molecule has 0 bridgehead atoms. The van der Waals surface area contributed by atoms with Gasteiger partial charge >= 0.3 is 0 Å². The van der Waals surface area contributed by atoms with Gasteiger partial charge in [-0.05, 0) is 42.8 Å². The molecule has 0 radical (unpaired) electrons. The number of rotatable bonds is 4. The summed E-state index contributed by atoms with van der Waals surface area (Å²) in [5.74, 6) is 6.08. The van der Waals surface area contributed by atoms with Crippen molar-refractivity contribution in [3.63, 3.8) is 0 Å². The molecule has 0 atom stereocenters. The molecule has 2 aromatic rings. The predicted octanol–water partition coefficient (Wildman–Crippen LogP) is 3.10. The highest BCUT2D eigenvalue weighted by molar-refractivity contribution is 5.85. The molecule has 0 unspecified atom stereocenters. The van der Waals surface area contributed by atoms with Crippen LogP contribution < -0.4 is 16.0 Å². The third-order valence-corrected chi connectivity index (χ3v) is 2.38. The van der Waals surface area contributed by atoms with Gasteiger partial charge in [0.05, 0.1) is 5.69 Å². The Bertz CT molecular complexity index is 474. The first-order valence-corrected chi connectivity index (χ1v) is 5.39. The van der Waals surface area contributed by atoms with E-state index in [0.717, 1.165) is 22.7 Å². The summed E-state index contributed by atoms with van der Waals surface area (Å²) in [6, 6.07) is 11.4. The third-order valence-electron chi connectivity index (χ3n) is 2.38. The SMILES string of the molecule is Cc1ccc(COc2ccc(NN)cc2)nc1.Cl.Cl. The van der Waals surface area contributed by atoms with Gasteiger partial charge in [-0.1, -0.05) is 6.07 Å².